The van der Waals surface area contributed by atoms with Crippen molar-refractivity contribution in [3.8, 4) is 11.5 Å². The highest BCUT2D eigenvalue weighted by Gasteiger charge is 2.43. The number of carbonyl (C=O) groups excluding carboxylic acids is 1. The molecular weight excluding hydrogens is 512 g/mol. The third-order valence-electron chi connectivity index (χ3n) is 7.62. The summed E-state index contributed by atoms with van der Waals surface area (Å²) in [6, 6.07) is 20.7. The van der Waals surface area contributed by atoms with Gasteiger partial charge in [-0.3, -0.25) is 4.79 Å². The molecule has 1 heterocycles. The van der Waals surface area contributed by atoms with Crippen LogP contribution in [0.2, 0.25) is 5.02 Å². The van der Waals surface area contributed by atoms with E-state index in [1.54, 1.807) is 13.2 Å². The van der Waals surface area contributed by atoms with E-state index < -0.39 is 5.60 Å². The summed E-state index contributed by atoms with van der Waals surface area (Å²) in [6.45, 7) is 4.14. The number of unbranched alkanes of at least 4 members (excludes halogenated alkanes) is 1. The Morgan fingerprint density at radius 3 is 2.62 bits per heavy atom. The quantitative estimate of drug-likeness (QED) is 0.268. The first-order valence-electron chi connectivity index (χ1n) is 13.7. The van der Waals surface area contributed by atoms with Gasteiger partial charge in [0.05, 0.1) is 10.6 Å². The monoisotopic (exact) mass is 550 g/mol. The molecule has 1 saturated heterocycles. The zero-order valence-corrected chi connectivity index (χ0v) is 23.6. The van der Waals surface area contributed by atoms with E-state index in [-0.39, 0.29) is 11.8 Å². The van der Waals surface area contributed by atoms with E-state index in [1.807, 2.05) is 72.5 Å². The number of ether oxygens (including phenoxy) is 2. The Bertz CT molecular complexity index is 1250. The van der Waals surface area contributed by atoms with E-state index in [0.29, 0.717) is 60.3 Å². The van der Waals surface area contributed by atoms with E-state index in [9.17, 15) is 9.90 Å². The molecule has 2 atom stereocenters. The van der Waals surface area contributed by atoms with Crippen molar-refractivity contribution in [3.05, 3.63) is 94.0 Å². The number of carbonyl (C=O) groups is 1. The molecule has 0 aliphatic carbocycles. The summed E-state index contributed by atoms with van der Waals surface area (Å²) in [5, 5.41) is 13.0. The average molecular weight is 551 g/mol. The largest absolute Gasteiger partial charge is 0.455 e. The fourth-order valence-corrected chi connectivity index (χ4v) is 5.68. The number of nitrogens with zero attached hydrogens (tertiary/aromatic N) is 1. The van der Waals surface area contributed by atoms with Gasteiger partial charge >= 0.3 is 0 Å². The van der Waals surface area contributed by atoms with Crippen LogP contribution in [-0.2, 0) is 16.9 Å². The van der Waals surface area contributed by atoms with Crippen LogP contribution < -0.4 is 10.5 Å². The minimum Gasteiger partial charge on any atom is -0.455 e. The third kappa shape index (κ3) is 7.00. The van der Waals surface area contributed by atoms with Crippen LogP contribution in [0.3, 0.4) is 0 Å². The van der Waals surface area contributed by atoms with Crippen molar-refractivity contribution >= 4 is 17.5 Å². The molecule has 39 heavy (non-hydrogen) atoms. The molecule has 1 fully saturated rings. The summed E-state index contributed by atoms with van der Waals surface area (Å²) in [4.78, 5) is 15.3. The number of likely N-dealkylation sites (tertiary alicyclic amines) is 1. The Kier molecular flexibility index (Phi) is 10.0. The van der Waals surface area contributed by atoms with Crippen LogP contribution in [0.25, 0.3) is 0 Å². The van der Waals surface area contributed by atoms with Crippen LogP contribution in [0, 0.1) is 12.8 Å². The lowest BCUT2D eigenvalue weighted by Gasteiger charge is -2.43. The second kappa shape index (κ2) is 13.4. The van der Waals surface area contributed by atoms with Crippen LogP contribution in [0.5, 0.6) is 11.5 Å². The molecule has 1 aliphatic heterocycles. The molecule has 6 nitrogen and oxygen atoms in total. The predicted octanol–water partition coefficient (Wildman–Crippen LogP) is 6.46. The van der Waals surface area contributed by atoms with Crippen molar-refractivity contribution in [2.45, 2.75) is 51.2 Å². The number of hydrogen-bond acceptors (Lipinski definition) is 5. The average Bonchev–Trinajstić information content (AvgIpc) is 2.96. The number of rotatable bonds is 11. The predicted molar refractivity (Wildman–Crippen MR) is 155 cm³/mol. The van der Waals surface area contributed by atoms with Gasteiger partial charge in [0.15, 0.2) is 5.75 Å². The lowest BCUT2D eigenvalue weighted by molar-refractivity contribution is -0.0589. The molecule has 1 amide bonds. The summed E-state index contributed by atoms with van der Waals surface area (Å²) in [6.07, 6.45) is 3.65. The van der Waals surface area contributed by atoms with Gasteiger partial charge in [-0.1, -0.05) is 48.0 Å². The molecule has 3 aromatic carbocycles. The first-order chi connectivity index (χ1) is 18.9. The second-order valence-electron chi connectivity index (χ2n) is 10.4. The van der Waals surface area contributed by atoms with E-state index in [4.69, 9.17) is 26.8 Å². The highest BCUT2D eigenvalue weighted by Crippen LogP contribution is 2.47. The van der Waals surface area contributed by atoms with Crippen molar-refractivity contribution in [2.75, 3.05) is 26.8 Å². The van der Waals surface area contributed by atoms with Gasteiger partial charge in [0, 0.05) is 50.4 Å². The van der Waals surface area contributed by atoms with E-state index in [2.05, 4.69) is 0 Å². The molecular formula is C32H39ClN2O4. The van der Waals surface area contributed by atoms with Crippen molar-refractivity contribution < 1.29 is 19.4 Å². The van der Waals surface area contributed by atoms with Gasteiger partial charge in [-0.05, 0) is 80.5 Å². The molecule has 0 saturated carbocycles. The van der Waals surface area contributed by atoms with Gasteiger partial charge in [0.2, 0.25) is 0 Å². The minimum atomic E-state index is -1.25. The number of hydrogen-bond donors (Lipinski definition) is 2. The highest BCUT2D eigenvalue weighted by atomic mass is 35.5. The summed E-state index contributed by atoms with van der Waals surface area (Å²) in [5.41, 5.74) is 7.81. The summed E-state index contributed by atoms with van der Waals surface area (Å²) < 4.78 is 11.6. The van der Waals surface area contributed by atoms with Crippen molar-refractivity contribution in [2.24, 2.45) is 11.7 Å². The maximum atomic E-state index is 13.5. The van der Waals surface area contributed by atoms with E-state index in [1.165, 1.54) is 0 Å². The van der Waals surface area contributed by atoms with Crippen LogP contribution >= 0.6 is 11.6 Å². The zero-order valence-electron chi connectivity index (χ0n) is 22.9. The Hall–Kier alpha value is -2.90. The van der Waals surface area contributed by atoms with Gasteiger partial charge in [-0.25, -0.2) is 0 Å². The molecule has 0 aromatic heterocycles. The molecule has 1 aliphatic rings. The fraction of sp³-hybridized carbons (Fsp3) is 0.406. The number of amides is 1. The molecule has 0 spiro atoms. The van der Waals surface area contributed by atoms with E-state index >= 15 is 0 Å². The molecule has 3 aromatic rings. The van der Waals surface area contributed by atoms with Crippen LogP contribution in [0.1, 0.15) is 59.2 Å². The second-order valence-corrected chi connectivity index (χ2v) is 10.8. The SMILES string of the molecule is COCCCC[C@@](O)(c1cccc(Cl)c1Oc1cccc(C)c1)[C@@H]1CCCN(C(=O)c2ccc(CN)cc2)C1. The zero-order chi connectivity index (χ0) is 27.8. The maximum Gasteiger partial charge on any atom is 0.253 e. The summed E-state index contributed by atoms with van der Waals surface area (Å²) in [5.74, 6) is 0.888. The smallest absolute Gasteiger partial charge is 0.253 e. The number of halogens is 1. The summed E-state index contributed by atoms with van der Waals surface area (Å²) in [7, 11) is 1.68. The molecule has 0 radical (unpaired) electrons. The Balaban J connectivity index is 1.66. The lowest BCUT2D eigenvalue weighted by Crippen LogP contribution is -2.48. The summed E-state index contributed by atoms with van der Waals surface area (Å²) >= 11 is 6.70. The Morgan fingerprint density at radius 1 is 1.13 bits per heavy atom. The van der Waals surface area contributed by atoms with Gasteiger partial charge < -0.3 is 25.2 Å². The van der Waals surface area contributed by atoms with Crippen LogP contribution in [0.4, 0.5) is 0 Å². The number of methoxy groups -OCH3 is 1. The highest BCUT2D eigenvalue weighted by molar-refractivity contribution is 6.32. The number of aliphatic hydroxyl groups is 1. The molecule has 0 unspecified atom stereocenters. The molecule has 3 N–H and O–H groups in total. The Morgan fingerprint density at radius 2 is 1.90 bits per heavy atom. The normalized spacial score (nSPS) is 17.1. The first kappa shape index (κ1) is 29.1. The fourth-order valence-electron chi connectivity index (χ4n) is 5.47. The van der Waals surface area contributed by atoms with Gasteiger partial charge in [0.1, 0.15) is 5.75 Å². The standard InChI is InChI=1S/C32H39ClN2O4/c1-23-8-5-10-27(20-23)39-30-28(11-6-12-29(30)33)32(37,17-3-4-19-38-2)26-9-7-18-35(22-26)31(36)25-15-13-24(21-34)14-16-25/h5-6,8,10-16,20,26,37H,3-4,7,9,17-19,21-22,34H2,1-2H3/t26-,32+/m1/s1. The van der Waals surface area contributed by atoms with Crippen molar-refractivity contribution in [3.63, 3.8) is 0 Å². The van der Waals surface area contributed by atoms with Crippen LogP contribution in [0.15, 0.2) is 66.7 Å². The van der Waals surface area contributed by atoms with E-state index in [0.717, 1.165) is 36.8 Å². The number of nitrogens with two attached hydrogens (primary N) is 1. The molecule has 4 rings (SSSR count). The van der Waals surface area contributed by atoms with Crippen molar-refractivity contribution in [1.29, 1.82) is 0 Å². The minimum absolute atomic E-state index is 0.0349. The van der Waals surface area contributed by atoms with Gasteiger partial charge in [-0.15, -0.1) is 0 Å². The third-order valence-corrected chi connectivity index (χ3v) is 7.92. The van der Waals surface area contributed by atoms with Crippen molar-refractivity contribution in [1.82, 2.24) is 4.90 Å². The van der Waals surface area contributed by atoms with Gasteiger partial charge in [0.25, 0.3) is 5.91 Å². The van der Waals surface area contributed by atoms with Gasteiger partial charge in [-0.2, -0.15) is 0 Å². The number of para-hydroxylation sites is 1. The van der Waals surface area contributed by atoms with Crippen LogP contribution in [-0.4, -0.2) is 42.7 Å². The maximum absolute atomic E-state index is 13.5. The number of aryl methyl sites for hydroxylation is 1. The number of benzene rings is 3. The molecule has 7 heteroatoms. The molecule has 0 bridgehead atoms. The first-order valence-corrected chi connectivity index (χ1v) is 14.1. The Labute approximate surface area is 236 Å². The molecule has 208 valence electrons. The lowest BCUT2D eigenvalue weighted by atomic mass is 9.73. The number of piperidine rings is 1. The topological polar surface area (TPSA) is 85.0 Å².